The molecule has 3 N–H and O–H groups in total. The monoisotopic (exact) mass is 462 g/mol. The first kappa shape index (κ1) is 23.0. The minimum Gasteiger partial charge on any atom is -0.347 e. The molecule has 1 aliphatic rings. The molecule has 0 bridgehead atoms. The van der Waals surface area contributed by atoms with Gasteiger partial charge in [-0.25, -0.2) is 4.79 Å². The van der Waals surface area contributed by atoms with E-state index in [-0.39, 0.29) is 11.9 Å². The van der Waals surface area contributed by atoms with Gasteiger partial charge >= 0.3 is 6.03 Å². The maximum Gasteiger partial charge on any atom is 0.319 e. The number of hydrogen-bond acceptors (Lipinski definition) is 4. The smallest absolute Gasteiger partial charge is 0.319 e. The van der Waals surface area contributed by atoms with Crippen LogP contribution in [0.3, 0.4) is 0 Å². The summed E-state index contributed by atoms with van der Waals surface area (Å²) in [4.78, 5) is 28.5. The lowest BCUT2D eigenvalue weighted by atomic mass is 10.1. The second-order valence-electron chi connectivity index (χ2n) is 8.25. The van der Waals surface area contributed by atoms with E-state index in [2.05, 4.69) is 45.1 Å². The predicted molar refractivity (Wildman–Crippen MR) is 134 cm³/mol. The summed E-state index contributed by atoms with van der Waals surface area (Å²) in [6.45, 7) is 3.18. The third-order valence-corrected chi connectivity index (χ3v) is 6.79. The van der Waals surface area contributed by atoms with Crippen LogP contribution in [0.25, 0.3) is 0 Å². The first-order valence-electron chi connectivity index (χ1n) is 11.4. The molecule has 1 atom stereocenters. The maximum atomic E-state index is 12.5. The van der Waals surface area contributed by atoms with E-state index in [1.54, 1.807) is 35.6 Å². The normalized spacial score (nSPS) is 15.8. The Morgan fingerprint density at radius 3 is 2.70 bits per heavy atom. The molecule has 3 amide bonds. The number of carbonyl (C=O) groups excluding carboxylic acids is 2. The molecule has 0 spiro atoms. The van der Waals surface area contributed by atoms with Crippen molar-refractivity contribution in [2.45, 2.75) is 31.8 Å². The van der Waals surface area contributed by atoms with Gasteiger partial charge in [-0.2, -0.15) is 0 Å². The minimum absolute atomic E-state index is 0.160. The predicted octanol–water partition coefficient (Wildman–Crippen LogP) is 4.51. The van der Waals surface area contributed by atoms with Gasteiger partial charge in [0.05, 0.1) is 6.54 Å². The van der Waals surface area contributed by atoms with Gasteiger partial charge in [0.15, 0.2) is 0 Å². The molecule has 6 nitrogen and oxygen atoms in total. The molecule has 3 aromatic rings. The standard InChI is InChI=1S/C26H30N4O2S/c31-25(27-19-24-12-6-16-33-24)21-9-4-10-22(17-21)29-26(32)28-18-23-11-5-14-30(23)15-13-20-7-2-1-3-8-20/h1-4,6-10,12,16-17,23H,5,11,13-15,18-19H2,(H,27,31)(H2,28,29,32). The van der Waals surface area contributed by atoms with Crippen molar-refractivity contribution < 1.29 is 9.59 Å². The third kappa shape index (κ3) is 6.91. The van der Waals surface area contributed by atoms with Crippen molar-refractivity contribution in [2.75, 3.05) is 25.0 Å². The summed E-state index contributed by atoms with van der Waals surface area (Å²) in [6.07, 6.45) is 3.27. The number of likely N-dealkylation sites (tertiary alicyclic amines) is 1. The molecule has 1 aromatic heterocycles. The van der Waals surface area contributed by atoms with Crippen molar-refractivity contribution in [2.24, 2.45) is 0 Å². The summed E-state index contributed by atoms with van der Waals surface area (Å²) in [7, 11) is 0. The fourth-order valence-electron chi connectivity index (χ4n) is 4.14. The Kier molecular flexibility index (Phi) is 8.11. The molecular formula is C26H30N4O2S. The number of hydrogen-bond donors (Lipinski definition) is 3. The summed E-state index contributed by atoms with van der Waals surface area (Å²) in [5.41, 5.74) is 2.46. The summed E-state index contributed by atoms with van der Waals surface area (Å²) in [6, 6.07) is 21.6. The number of carbonyl (C=O) groups is 2. The van der Waals surface area contributed by atoms with E-state index in [9.17, 15) is 9.59 Å². The van der Waals surface area contributed by atoms with Crippen molar-refractivity contribution in [3.8, 4) is 0 Å². The van der Waals surface area contributed by atoms with Gasteiger partial charge < -0.3 is 16.0 Å². The van der Waals surface area contributed by atoms with E-state index in [1.165, 1.54) is 5.56 Å². The van der Waals surface area contributed by atoms with Gasteiger partial charge in [-0.1, -0.05) is 42.5 Å². The zero-order valence-electron chi connectivity index (χ0n) is 18.6. The largest absolute Gasteiger partial charge is 0.347 e. The van der Waals surface area contributed by atoms with Gasteiger partial charge in [-0.05, 0) is 61.0 Å². The van der Waals surface area contributed by atoms with Crippen LogP contribution in [0.5, 0.6) is 0 Å². The Bertz CT molecular complexity index is 1040. The van der Waals surface area contributed by atoms with Crippen molar-refractivity contribution in [3.05, 3.63) is 88.1 Å². The molecule has 2 aromatic carbocycles. The lowest BCUT2D eigenvalue weighted by molar-refractivity contribution is 0.0951. The highest BCUT2D eigenvalue weighted by Gasteiger charge is 2.24. The van der Waals surface area contributed by atoms with E-state index in [0.29, 0.717) is 30.4 Å². The summed E-state index contributed by atoms with van der Waals surface area (Å²) >= 11 is 1.61. The van der Waals surface area contributed by atoms with Crippen LogP contribution in [-0.2, 0) is 13.0 Å². The topological polar surface area (TPSA) is 73.5 Å². The SMILES string of the molecule is O=C(NCC1CCCN1CCc1ccccc1)Nc1cccc(C(=O)NCc2cccs2)c1. The van der Waals surface area contributed by atoms with Gasteiger partial charge in [0, 0.05) is 35.3 Å². The first-order valence-corrected chi connectivity index (χ1v) is 12.3. The summed E-state index contributed by atoms with van der Waals surface area (Å²) in [5.74, 6) is -0.160. The van der Waals surface area contributed by atoms with Crippen molar-refractivity contribution in [3.63, 3.8) is 0 Å². The number of nitrogens with one attached hydrogen (secondary N) is 3. The Balaban J connectivity index is 1.23. The van der Waals surface area contributed by atoms with E-state index >= 15 is 0 Å². The molecule has 0 saturated carbocycles. The average molecular weight is 463 g/mol. The molecule has 7 heteroatoms. The van der Waals surface area contributed by atoms with Crippen LogP contribution in [0.4, 0.5) is 10.5 Å². The van der Waals surface area contributed by atoms with Crippen LogP contribution in [0.2, 0.25) is 0 Å². The van der Waals surface area contributed by atoms with Crippen molar-refractivity contribution >= 4 is 29.0 Å². The molecule has 1 aliphatic heterocycles. The minimum atomic E-state index is -0.249. The fraction of sp³-hybridized carbons (Fsp3) is 0.308. The molecule has 0 aliphatic carbocycles. The Morgan fingerprint density at radius 1 is 1.00 bits per heavy atom. The molecule has 33 heavy (non-hydrogen) atoms. The lowest BCUT2D eigenvalue weighted by Crippen LogP contribution is -2.42. The Hall–Kier alpha value is -3.16. The van der Waals surface area contributed by atoms with E-state index in [1.807, 2.05) is 23.6 Å². The zero-order chi connectivity index (χ0) is 22.9. The van der Waals surface area contributed by atoms with Gasteiger partial charge in [-0.3, -0.25) is 9.69 Å². The second kappa shape index (κ2) is 11.6. The molecule has 4 rings (SSSR count). The molecule has 0 radical (unpaired) electrons. The van der Waals surface area contributed by atoms with Crippen molar-refractivity contribution in [1.82, 2.24) is 15.5 Å². The third-order valence-electron chi connectivity index (χ3n) is 5.91. The van der Waals surface area contributed by atoms with Gasteiger partial charge in [0.25, 0.3) is 5.91 Å². The van der Waals surface area contributed by atoms with E-state index in [0.717, 1.165) is 37.2 Å². The Morgan fingerprint density at radius 2 is 1.88 bits per heavy atom. The lowest BCUT2D eigenvalue weighted by Gasteiger charge is -2.24. The van der Waals surface area contributed by atoms with Crippen molar-refractivity contribution in [1.29, 1.82) is 0 Å². The zero-order valence-corrected chi connectivity index (χ0v) is 19.4. The van der Waals surface area contributed by atoms with Crippen LogP contribution < -0.4 is 16.0 Å². The number of anilines is 1. The molecular weight excluding hydrogens is 432 g/mol. The quantitative estimate of drug-likeness (QED) is 0.438. The van der Waals surface area contributed by atoms with Crippen LogP contribution in [0, 0.1) is 0 Å². The number of nitrogens with zero attached hydrogens (tertiary/aromatic N) is 1. The number of rotatable bonds is 9. The molecule has 1 unspecified atom stereocenters. The second-order valence-corrected chi connectivity index (χ2v) is 9.28. The van der Waals surface area contributed by atoms with Crippen LogP contribution in [-0.4, -0.2) is 42.5 Å². The molecule has 1 fully saturated rings. The number of amides is 3. The first-order chi connectivity index (χ1) is 16.2. The fourth-order valence-corrected chi connectivity index (χ4v) is 4.79. The van der Waals surface area contributed by atoms with Crippen LogP contribution in [0.15, 0.2) is 72.1 Å². The van der Waals surface area contributed by atoms with E-state index in [4.69, 9.17) is 0 Å². The summed E-state index contributed by atoms with van der Waals surface area (Å²) < 4.78 is 0. The highest BCUT2D eigenvalue weighted by atomic mass is 32.1. The highest BCUT2D eigenvalue weighted by Crippen LogP contribution is 2.17. The van der Waals surface area contributed by atoms with Gasteiger partial charge in [-0.15, -0.1) is 11.3 Å². The summed E-state index contributed by atoms with van der Waals surface area (Å²) in [5, 5.41) is 10.8. The molecule has 172 valence electrons. The molecule has 2 heterocycles. The molecule has 1 saturated heterocycles. The van der Waals surface area contributed by atoms with E-state index < -0.39 is 0 Å². The van der Waals surface area contributed by atoms with Crippen LogP contribution in [0.1, 0.15) is 33.6 Å². The number of thiophene rings is 1. The average Bonchev–Trinajstić information content (AvgIpc) is 3.53. The number of urea groups is 1. The maximum absolute atomic E-state index is 12.5. The van der Waals surface area contributed by atoms with Gasteiger partial charge in [0.1, 0.15) is 0 Å². The van der Waals surface area contributed by atoms with Gasteiger partial charge in [0.2, 0.25) is 0 Å². The Labute approximate surface area is 199 Å². The highest BCUT2D eigenvalue weighted by molar-refractivity contribution is 7.09. The number of benzene rings is 2. The van der Waals surface area contributed by atoms with Crippen LogP contribution >= 0.6 is 11.3 Å².